The van der Waals surface area contributed by atoms with Gasteiger partial charge in [-0.1, -0.05) is 22.9 Å². The van der Waals surface area contributed by atoms with E-state index in [0.717, 1.165) is 12.8 Å². The Morgan fingerprint density at radius 2 is 2.04 bits per heavy atom. The van der Waals surface area contributed by atoms with Crippen molar-refractivity contribution >= 4 is 45.8 Å². The number of carbonyl (C=O) groups is 2. The number of anilines is 2. The Balaban J connectivity index is 1.74. The molecule has 1 aromatic heterocycles. The fraction of sp³-hybridized carbons (Fsp3) is 0.389. The van der Waals surface area contributed by atoms with Crippen LogP contribution in [0.4, 0.5) is 15.6 Å². The molecule has 0 radical (unpaired) electrons. The van der Waals surface area contributed by atoms with Crippen molar-refractivity contribution in [3.05, 3.63) is 34.8 Å². The Morgan fingerprint density at radius 1 is 1.37 bits per heavy atom. The van der Waals surface area contributed by atoms with Crippen molar-refractivity contribution in [2.24, 2.45) is 5.92 Å². The zero-order valence-electron chi connectivity index (χ0n) is 14.9. The molecular formula is C18H20ClN3O4S. The molecule has 2 amide bonds. The number of thiazole rings is 1. The van der Waals surface area contributed by atoms with E-state index in [1.54, 1.807) is 29.2 Å². The number of halogens is 1. The third-order valence-corrected chi connectivity index (χ3v) is 5.14. The van der Waals surface area contributed by atoms with Gasteiger partial charge in [-0.05, 0) is 56.9 Å². The molecule has 1 aromatic carbocycles. The van der Waals surface area contributed by atoms with Crippen molar-refractivity contribution in [1.82, 2.24) is 4.98 Å². The first kappa shape index (κ1) is 19.4. The monoisotopic (exact) mass is 409 g/mol. The summed E-state index contributed by atoms with van der Waals surface area (Å²) in [6, 6.07) is 6.52. The van der Waals surface area contributed by atoms with Gasteiger partial charge in [-0.15, -0.1) is 0 Å². The normalized spacial score (nSPS) is 13.9. The maximum atomic E-state index is 12.7. The van der Waals surface area contributed by atoms with E-state index in [1.165, 1.54) is 31.4 Å². The van der Waals surface area contributed by atoms with Crippen molar-refractivity contribution < 1.29 is 19.4 Å². The first-order valence-electron chi connectivity index (χ1n) is 8.47. The van der Waals surface area contributed by atoms with Crippen LogP contribution < -0.4 is 15.0 Å². The summed E-state index contributed by atoms with van der Waals surface area (Å²) in [5.74, 6) is -0.148. The summed E-state index contributed by atoms with van der Waals surface area (Å²) in [7, 11) is 0. The van der Waals surface area contributed by atoms with Gasteiger partial charge in [-0.3, -0.25) is 10.2 Å². The lowest BCUT2D eigenvalue weighted by Crippen LogP contribution is -2.38. The first-order valence-corrected chi connectivity index (χ1v) is 9.66. The number of nitrogens with zero attached hydrogens (tertiary/aromatic N) is 2. The van der Waals surface area contributed by atoms with E-state index in [0.29, 0.717) is 33.4 Å². The minimum absolute atomic E-state index is 0.285. The Morgan fingerprint density at radius 3 is 2.56 bits per heavy atom. The second kappa shape index (κ2) is 7.74. The average molecular weight is 410 g/mol. The van der Waals surface area contributed by atoms with E-state index >= 15 is 0 Å². The van der Waals surface area contributed by atoms with E-state index < -0.39 is 11.6 Å². The molecule has 0 unspecified atom stereocenters. The van der Waals surface area contributed by atoms with E-state index in [1.807, 2.05) is 0 Å². The van der Waals surface area contributed by atoms with Crippen LogP contribution in [0, 0.1) is 5.92 Å². The standard InChI is InChI=1S/C18H20ClN3O4S/c1-18(2,15(23)24)26-13-7-5-12(6-8-13)22(10-11-3-4-11)17(25)21-16-20-9-14(19)27-16/h5-9,11H,3-4,10H2,1-2H3,(H,23,24)(H,20,21,25). The summed E-state index contributed by atoms with van der Waals surface area (Å²) in [5.41, 5.74) is -0.640. The van der Waals surface area contributed by atoms with Gasteiger partial charge >= 0.3 is 12.0 Å². The Labute approximate surface area is 165 Å². The lowest BCUT2D eigenvalue weighted by molar-refractivity contribution is -0.152. The number of aliphatic carboxylic acids is 1. The summed E-state index contributed by atoms with van der Waals surface area (Å²) in [6.07, 6.45) is 3.69. The molecule has 2 N–H and O–H groups in total. The number of benzene rings is 1. The molecule has 144 valence electrons. The fourth-order valence-corrected chi connectivity index (χ4v) is 3.17. The number of hydrogen-bond acceptors (Lipinski definition) is 5. The summed E-state index contributed by atoms with van der Waals surface area (Å²) < 4.78 is 6.01. The molecule has 9 heteroatoms. The molecule has 27 heavy (non-hydrogen) atoms. The van der Waals surface area contributed by atoms with Crippen LogP contribution in [-0.4, -0.2) is 34.2 Å². The zero-order valence-corrected chi connectivity index (χ0v) is 16.5. The number of aromatic nitrogens is 1. The lowest BCUT2D eigenvalue weighted by atomic mass is 10.1. The number of amides is 2. The summed E-state index contributed by atoms with van der Waals surface area (Å²) in [4.78, 5) is 29.6. The molecule has 1 fully saturated rings. The highest BCUT2D eigenvalue weighted by molar-refractivity contribution is 7.19. The first-order chi connectivity index (χ1) is 12.7. The Kier molecular flexibility index (Phi) is 5.57. The van der Waals surface area contributed by atoms with Gasteiger partial charge in [-0.2, -0.15) is 0 Å². The maximum Gasteiger partial charge on any atom is 0.347 e. The molecule has 1 heterocycles. The molecule has 2 aromatic rings. The number of nitrogens with one attached hydrogen (secondary N) is 1. The number of carboxylic acid groups (broad SMARTS) is 1. The summed E-state index contributed by atoms with van der Waals surface area (Å²) in [6.45, 7) is 3.57. The predicted molar refractivity (Wildman–Crippen MR) is 105 cm³/mol. The van der Waals surface area contributed by atoms with E-state index in [2.05, 4.69) is 10.3 Å². The quantitative estimate of drug-likeness (QED) is 0.703. The number of rotatable bonds is 7. The van der Waals surface area contributed by atoms with Crippen molar-refractivity contribution in [1.29, 1.82) is 0 Å². The van der Waals surface area contributed by atoms with Crippen LogP contribution in [0.5, 0.6) is 5.75 Å². The van der Waals surface area contributed by atoms with E-state index in [-0.39, 0.29) is 6.03 Å². The van der Waals surface area contributed by atoms with E-state index in [4.69, 9.17) is 21.4 Å². The van der Waals surface area contributed by atoms with Crippen LogP contribution in [0.1, 0.15) is 26.7 Å². The van der Waals surface area contributed by atoms with Crippen molar-refractivity contribution in [3.63, 3.8) is 0 Å². The van der Waals surface area contributed by atoms with Crippen LogP contribution in [0.2, 0.25) is 4.34 Å². The van der Waals surface area contributed by atoms with Crippen LogP contribution in [0.3, 0.4) is 0 Å². The summed E-state index contributed by atoms with van der Waals surface area (Å²) in [5, 5.41) is 12.4. The fourth-order valence-electron chi connectivity index (χ4n) is 2.37. The third-order valence-electron chi connectivity index (χ3n) is 4.11. The Hall–Kier alpha value is -2.32. The van der Waals surface area contributed by atoms with Gasteiger partial charge < -0.3 is 9.84 Å². The van der Waals surface area contributed by atoms with Crippen molar-refractivity contribution in [2.45, 2.75) is 32.3 Å². The number of carboxylic acids is 1. The van der Waals surface area contributed by atoms with Gasteiger partial charge in [-0.25, -0.2) is 14.6 Å². The van der Waals surface area contributed by atoms with Gasteiger partial charge in [0.1, 0.15) is 10.1 Å². The molecule has 7 nitrogen and oxygen atoms in total. The molecule has 0 aliphatic heterocycles. The smallest absolute Gasteiger partial charge is 0.347 e. The highest BCUT2D eigenvalue weighted by Crippen LogP contribution is 2.33. The van der Waals surface area contributed by atoms with Gasteiger partial charge in [0.25, 0.3) is 0 Å². The highest BCUT2D eigenvalue weighted by atomic mass is 35.5. The molecule has 3 rings (SSSR count). The van der Waals surface area contributed by atoms with Crippen molar-refractivity contribution in [2.75, 3.05) is 16.8 Å². The SMILES string of the molecule is CC(C)(Oc1ccc(N(CC2CC2)C(=O)Nc2ncc(Cl)s2)cc1)C(=O)O. The number of hydrogen-bond donors (Lipinski definition) is 2. The lowest BCUT2D eigenvalue weighted by Gasteiger charge is -2.24. The maximum absolute atomic E-state index is 12.7. The molecule has 1 aliphatic carbocycles. The van der Waals surface area contributed by atoms with Gasteiger partial charge in [0.15, 0.2) is 10.7 Å². The van der Waals surface area contributed by atoms with Gasteiger partial charge in [0, 0.05) is 12.2 Å². The minimum Gasteiger partial charge on any atom is -0.478 e. The number of urea groups is 1. The van der Waals surface area contributed by atoms with Crippen LogP contribution in [-0.2, 0) is 4.79 Å². The largest absolute Gasteiger partial charge is 0.478 e. The van der Waals surface area contributed by atoms with Crippen LogP contribution >= 0.6 is 22.9 Å². The topological polar surface area (TPSA) is 91.8 Å². The molecule has 0 spiro atoms. The molecule has 1 saturated carbocycles. The summed E-state index contributed by atoms with van der Waals surface area (Å²) >= 11 is 7.06. The number of ether oxygens (including phenoxy) is 1. The third kappa shape index (κ3) is 5.11. The molecule has 0 atom stereocenters. The minimum atomic E-state index is -1.34. The molecular weight excluding hydrogens is 390 g/mol. The predicted octanol–water partition coefficient (Wildman–Crippen LogP) is 4.49. The second-order valence-corrected chi connectivity index (χ2v) is 8.53. The highest BCUT2D eigenvalue weighted by Gasteiger charge is 2.30. The van der Waals surface area contributed by atoms with E-state index in [9.17, 15) is 9.59 Å². The van der Waals surface area contributed by atoms with Gasteiger partial charge in [0.2, 0.25) is 0 Å². The Bertz CT molecular complexity index is 833. The molecule has 1 aliphatic rings. The number of carbonyl (C=O) groups excluding carboxylic acids is 1. The van der Waals surface area contributed by atoms with Crippen LogP contribution in [0.25, 0.3) is 0 Å². The van der Waals surface area contributed by atoms with Gasteiger partial charge in [0.05, 0.1) is 6.20 Å². The molecule has 0 saturated heterocycles. The average Bonchev–Trinajstić information content (AvgIpc) is 3.34. The second-order valence-electron chi connectivity index (χ2n) is 6.87. The van der Waals surface area contributed by atoms with Crippen LogP contribution in [0.15, 0.2) is 30.5 Å². The zero-order chi connectivity index (χ0) is 19.6. The van der Waals surface area contributed by atoms with Crippen molar-refractivity contribution in [3.8, 4) is 5.75 Å². The molecule has 0 bridgehead atoms.